The molecule has 0 saturated heterocycles. The van der Waals surface area contributed by atoms with Crippen molar-refractivity contribution in [2.75, 3.05) is 6.61 Å². The van der Waals surface area contributed by atoms with Crippen LogP contribution >= 0.6 is 20.8 Å². The summed E-state index contributed by atoms with van der Waals surface area (Å²) in [5, 5.41) is 1.04. The van der Waals surface area contributed by atoms with Crippen LogP contribution in [0.2, 0.25) is 0 Å². The molecule has 4 rings (SSSR count). The minimum absolute atomic E-state index is 0.787. The van der Waals surface area contributed by atoms with Crippen LogP contribution in [0.1, 0.15) is 38.2 Å². The van der Waals surface area contributed by atoms with Crippen LogP contribution < -0.4 is 20.7 Å². The van der Waals surface area contributed by atoms with Crippen LogP contribution in [0.15, 0.2) is 115 Å². The van der Waals surface area contributed by atoms with Gasteiger partial charge in [0.15, 0.2) is 0 Å². The SMILES string of the molecule is CCCCCCOc1ccc(CP(Br)(c2ccccc2)(c2ccccc2)c2ccccc2)cc1. The fourth-order valence-electron chi connectivity index (χ4n) is 4.69. The fraction of sp³-hybridized carbons (Fsp3) is 0.226. The van der Waals surface area contributed by atoms with Gasteiger partial charge in [0.05, 0.1) is 0 Å². The van der Waals surface area contributed by atoms with Crippen molar-refractivity contribution in [2.24, 2.45) is 0 Å². The topological polar surface area (TPSA) is 9.23 Å². The first-order chi connectivity index (χ1) is 16.6. The molecule has 3 heteroatoms. The van der Waals surface area contributed by atoms with E-state index in [4.69, 9.17) is 4.74 Å². The Morgan fingerprint density at radius 3 is 1.50 bits per heavy atom. The number of ether oxygens (including phenoxy) is 1. The first-order valence-corrected chi connectivity index (χ1v) is 16.7. The number of unbranched alkanes of at least 4 members (excludes halogenated alkanes) is 3. The summed E-state index contributed by atoms with van der Waals surface area (Å²) in [5.41, 5.74) is 1.30. The van der Waals surface area contributed by atoms with Gasteiger partial charge in [0.1, 0.15) is 0 Å². The number of hydrogen-bond acceptors (Lipinski definition) is 1. The average Bonchev–Trinajstić information content (AvgIpc) is 2.91. The molecular formula is C31H34BrOP. The van der Waals surface area contributed by atoms with Crippen LogP contribution in [0.25, 0.3) is 0 Å². The Bertz CT molecular complexity index is 1050. The zero-order chi connectivity index (χ0) is 23.7. The van der Waals surface area contributed by atoms with E-state index in [0.717, 1.165) is 24.9 Å². The molecule has 0 aliphatic carbocycles. The third kappa shape index (κ3) is 5.14. The molecule has 0 N–H and O–H groups in total. The van der Waals surface area contributed by atoms with Crippen LogP contribution in [-0.2, 0) is 6.16 Å². The Morgan fingerprint density at radius 2 is 1.06 bits per heavy atom. The van der Waals surface area contributed by atoms with Gasteiger partial charge in [0, 0.05) is 0 Å². The monoisotopic (exact) mass is 532 g/mol. The molecule has 0 bridgehead atoms. The second kappa shape index (κ2) is 11.3. The summed E-state index contributed by atoms with van der Waals surface area (Å²) in [6, 6.07) is 41.6. The van der Waals surface area contributed by atoms with E-state index in [1.165, 1.54) is 40.7 Å². The van der Waals surface area contributed by atoms with Gasteiger partial charge >= 0.3 is 213 Å². The molecule has 0 spiro atoms. The summed E-state index contributed by atoms with van der Waals surface area (Å²) in [6.45, 7) is 3.02. The van der Waals surface area contributed by atoms with Crippen molar-refractivity contribution in [3.05, 3.63) is 121 Å². The van der Waals surface area contributed by atoms with E-state index in [0.29, 0.717) is 0 Å². The third-order valence-electron chi connectivity index (χ3n) is 6.55. The van der Waals surface area contributed by atoms with E-state index in [1.54, 1.807) is 0 Å². The van der Waals surface area contributed by atoms with E-state index in [1.807, 2.05) is 0 Å². The van der Waals surface area contributed by atoms with E-state index in [9.17, 15) is 0 Å². The van der Waals surface area contributed by atoms with Gasteiger partial charge in [-0.2, -0.15) is 0 Å². The van der Waals surface area contributed by atoms with Crippen molar-refractivity contribution < 1.29 is 4.74 Å². The van der Waals surface area contributed by atoms with Gasteiger partial charge in [0.2, 0.25) is 0 Å². The quantitative estimate of drug-likeness (QED) is 0.140. The summed E-state index contributed by atoms with van der Waals surface area (Å²) < 4.78 is 6.02. The van der Waals surface area contributed by atoms with Gasteiger partial charge in [-0.05, 0) is 0 Å². The molecule has 0 fully saturated rings. The molecule has 4 aromatic rings. The maximum absolute atomic E-state index is 6.02. The Kier molecular flexibility index (Phi) is 8.24. The number of rotatable bonds is 11. The standard InChI is InChI=1S/C31H34BrOP/c1-2-3-4-14-25-33-28-23-21-27(22-24-28)26-34(32,29-15-8-5-9-16-29,30-17-10-6-11-18-30)31-19-12-7-13-20-31/h5-13,15-24H,2-4,14,25-26H2,1H3. The molecule has 0 radical (unpaired) electrons. The molecule has 0 unspecified atom stereocenters. The van der Waals surface area contributed by atoms with E-state index >= 15 is 0 Å². The van der Waals surface area contributed by atoms with E-state index < -0.39 is 5.31 Å². The summed E-state index contributed by atoms with van der Waals surface area (Å²) in [6.07, 6.45) is 5.76. The third-order valence-corrected chi connectivity index (χ3v) is 16.1. The van der Waals surface area contributed by atoms with Crippen LogP contribution in [0, 0.1) is 0 Å². The molecule has 0 aliphatic rings. The first kappa shape index (κ1) is 24.7. The number of benzene rings is 4. The van der Waals surface area contributed by atoms with Gasteiger partial charge in [-0.1, -0.05) is 0 Å². The average molecular weight is 533 g/mol. The molecule has 4 aromatic carbocycles. The molecule has 0 heterocycles. The van der Waals surface area contributed by atoms with Crippen molar-refractivity contribution in [2.45, 2.75) is 38.8 Å². The molecule has 0 saturated carbocycles. The van der Waals surface area contributed by atoms with Gasteiger partial charge in [-0.3, -0.25) is 0 Å². The zero-order valence-corrected chi connectivity index (χ0v) is 22.4. The minimum atomic E-state index is -2.97. The van der Waals surface area contributed by atoms with Crippen LogP contribution in [0.3, 0.4) is 0 Å². The zero-order valence-electron chi connectivity index (χ0n) is 19.9. The van der Waals surface area contributed by atoms with Crippen LogP contribution in [0.5, 0.6) is 5.75 Å². The normalized spacial score (nSPS) is 12.6. The van der Waals surface area contributed by atoms with Gasteiger partial charge in [-0.15, -0.1) is 0 Å². The Labute approximate surface area is 212 Å². The predicted octanol–water partition coefficient (Wildman–Crippen LogP) is 7.99. The Hall–Kier alpha value is -2.41. The second-order valence-electron chi connectivity index (χ2n) is 8.90. The van der Waals surface area contributed by atoms with Crippen molar-refractivity contribution in [1.82, 2.24) is 0 Å². The molecule has 0 amide bonds. The molecule has 34 heavy (non-hydrogen) atoms. The van der Waals surface area contributed by atoms with Gasteiger partial charge < -0.3 is 0 Å². The maximum atomic E-state index is 6.02. The predicted molar refractivity (Wildman–Crippen MR) is 154 cm³/mol. The molecule has 176 valence electrons. The summed E-state index contributed by atoms with van der Waals surface area (Å²) >= 11 is 4.54. The number of halogens is 1. The summed E-state index contributed by atoms with van der Waals surface area (Å²) in [5.74, 6) is 0.953. The van der Waals surface area contributed by atoms with E-state index in [-0.39, 0.29) is 0 Å². The second-order valence-corrected chi connectivity index (χ2v) is 17.8. The first-order valence-electron chi connectivity index (χ1n) is 12.3. The van der Waals surface area contributed by atoms with E-state index in [2.05, 4.69) is 138 Å². The van der Waals surface area contributed by atoms with Crippen LogP contribution in [0.4, 0.5) is 0 Å². The number of hydrogen-bond donors (Lipinski definition) is 0. The molecular weight excluding hydrogens is 499 g/mol. The fourth-order valence-corrected chi connectivity index (χ4v) is 12.4. The summed E-state index contributed by atoms with van der Waals surface area (Å²) in [4.78, 5) is 0. The van der Waals surface area contributed by atoms with Gasteiger partial charge in [-0.25, -0.2) is 0 Å². The molecule has 0 atom stereocenters. The van der Waals surface area contributed by atoms with Crippen molar-refractivity contribution in [1.29, 1.82) is 0 Å². The van der Waals surface area contributed by atoms with Crippen LogP contribution in [-0.4, -0.2) is 6.61 Å². The Balaban J connectivity index is 1.74. The van der Waals surface area contributed by atoms with Gasteiger partial charge in [0.25, 0.3) is 0 Å². The summed E-state index contributed by atoms with van der Waals surface area (Å²) in [7, 11) is 0. The molecule has 0 aliphatic heterocycles. The molecule has 0 aromatic heterocycles. The van der Waals surface area contributed by atoms with Crippen molar-refractivity contribution in [3.63, 3.8) is 0 Å². The molecule has 1 nitrogen and oxygen atoms in total. The van der Waals surface area contributed by atoms with Crippen molar-refractivity contribution in [3.8, 4) is 5.75 Å². The van der Waals surface area contributed by atoms with Crippen molar-refractivity contribution >= 4 is 36.7 Å². The Morgan fingerprint density at radius 1 is 0.588 bits per heavy atom.